The standard InChI is InChI=1S/C14H17NO2/c1-9-14(2,3)11-7-10(8-13(16)17)5-6-12(11)15(9)4/h5-7H,8H2,1-4H3/p+1. The van der Waals surface area contributed by atoms with Crippen molar-refractivity contribution in [1.29, 1.82) is 0 Å². The summed E-state index contributed by atoms with van der Waals surface area (Å²) in [4.78, 5) is 10.7. The fourth-order valence-corrected chi connectivity index (χ4v) is 2.46. The molecular formula is C14H18NO2+. The first kappa shape index (κ1) is 11.8. The Labute approximate surface area is 101 Å². The smallest absolute Gasteiger partial charge is 0.307 e. The molecule has 0 aromatic heterocycles. The van der Waals surface area contributed by atoms with Crippen LogP contribution in [0, 0.1) is 0 Å². The number of hydrogen-bond acceptors (Lipinski definition) is 1. The Bertz CT molecular complexity index is 527. The van der Waals surface area contributed by atoms with E-state index in [0.717, 1.165) is 5.56 Å². The Kier molecular flexibility index (Phi) is 2.57. The zero-order valence-corrected chi connectivity index (χ0v) is 10.7. The fourth-order valence-electron chi connectivity index (χ4n) is 2.46. The molecule has 0 spiro atoms. The van der Waals surface area contributed by atoms with Gasteiger partial charge in [0.05, 0.1) is 11.8 Å². The first-order valence-corrected chi connectivity index (χ1v) is 5.77. The molecule has 1 aliphatic rings. The van der Waals surface area contributed by atoms with Gasteiger partial charge in [-0.15, -0.1) is 0 Å². The molecule has 0 fully saturated rings. The predicted octanol–water partition coefficient (Wildman–Crippen LogP) is 2.34. The van der Waals surface area contributed by atoms with Gasteiger partial charge in [0.15, 0.2) is 5.71 Å². The van der Waals surface area contributed by atoms with Crippen LogP contribution in [-0.4, -0.2) is 28.4 Å². The monoisotopic (exact) mass is 232 g/mol. The van der Waals surface area contributed by atoms with E-state index in [1.165, 1.54) is 17.0 Å². The molecule has 0 saturated carbocycles. The van der Waals surface area contributed by atoms with Gasteiger partial charge in [0.2, 0.25) is 5.69 Å². The van der Waals surface area contributed by atoms with E-state index in [1.54, 1.807) is 0 Å². The van der Waals surface area contributed by atoms with Gasteiger partial charge in [-0.05, 0) is 25.5 Å². The van der Waals surface area contributed by atoms with Crippen molar-refractivity contribution in [2.75, 3.05) is 7.05 Å². The Morgan fingerprint density at radius 2 is 2.06 bits per heavy atom. The van der Waals surface area contributed by atoms with Crippen molar-refractivity contribution in [3.63, 3.8) is 0 Å². The summed E-state index contributed by atoms with van der Waals surface area (Å²) in [6.07, 6.45) is 0.0894. The predicted molar refractivity (Wildman–Crippen MR) is 67.3 cm³/mol. The number of carboxylic acids is 1. The average Bonchev–Trinajstić information content (AvgIpc) is 2.40. The second kappa shape index (κ2) is 3.69. The molecule has 90 valence electrons. The molecule has 0 bridgehead atoms. The first-order valence-electron chi connectivity index (χ1n) is 5.77. The van der Waals surface area contributed by atoms with E-state index >= 15 is 0 Å². The van der Waals surface area contributed by atoms with Gasteiger partial charge >= 0.3 is 5.97 Å². The topological polar surface area (TPSA) is 40.3 Å². The molecule has 0 radical (unpaired) electrons. The van der Waals surface area contributed by atoms with E-state index in [0.29, 0.717) is 0 Å². The molecule has 0 aliphatic carbocycles. The molecule has 1 aliphatic heterocycles. The van der Waals surface area contributed by atoms with E-state index in [2.05, 4.69) is 32.4 Å². The van der Waals surface area contributed by atoms with E-state index in [9.17, 15) is 4.79 Å². The number of carbonyl (C=O) groups is 1. The third-order valence-electron chi connectivity index (χ3n) is 3.86. The maximum absolute atomic E-state index is 10.7. The van der Waals surface area contributed by atoms with Crippen LogP contribution in [0.3, 0.4) is 0 Å². The second-order valence-electron chi connectivity index (χ2n) is 5.19. The van der Waals surface area contributed by atoms with Crippen LogP contribution in [0.4, 0.5) is 5.69 Å². The summed E-state index contributed by atoms with van der Waals surface area (Å²) in [6.45, 7) is 6.47. The van der Waals surface area contributed by atoms with Gasteiger partial charge in [-0.1, -0.05) is 6.07 Å². The minimum absolute atomic E-state index is 0.0153. The molecule has 1 aromatic carbocycles. The molecule has 1 heterocycles. The maximum atomic E-state index is 10.7. The highest BCUT2D eigenvalue weighted by Crippen LogP contribution is 2.39. The van der Waals surface area contributed by atoms with Gasteiger partial charge in [-0.25, -0.2) is 4.58 Å². The normalized spacial score (nSPS) is 17.2. The molecule has 0 saturated heterocycles. The van der Waals surface area contributed by atoms with Crippen molar-refractivity contribution in [2.24, 2.45) is 0 Å². The lowest BCUT2D eigenvalue weighted by molar-refractivity contribution is -0.403. The number of hydrogen-bond donors (Lipinski definition) is 1. The summed E-state index contributed by atoms with van der Waals surface area (Å²) in [5.41, 5.74) is 4.55. The van der Waals surface area contributed by atoms with Crippen LogP contribution in [0.1, 0.15) is 31.9 Å². The van der Waals surface area contributed by atoms with Crippen molar-refractivity contribution < 1.29 is 14.5 Å². The van der Waals surface area contributed by atoms with E-state index in [1.807, 2.05) is 18.2 Å². The molecule has 0 amide bonds. The molecule has 3 nitrogen and oxygen atoms in total. The molecule has 1 aromatic rings. The van der Waals surface area contributed by atoms with Crippen LogP contribution in [0.25, 0.3) is 0 Å². The first-order chi connectivity index (χ1) is 7.84. The largest absolute Gasteiger partial charge is 0.481 e. The van der Waals surface area contributed by atoms with Crippen molar-refractivity contribution in [2.45, 2.75) is 32.6 Å². The number of aliphatic carboxylic acids is 1. The lowest BCUT2D eigenvalue weighted by Gasteiger charge is -2.15. The summed E-state index contributed by atoms with van der Waals surface area (Å²) >= 11 is 0. The van der Waals surface area contributed by atoms with Crippen LogP contribution in [0.2, 0.25) is 0 Å². The zero-order chi connectivity index (χ0) is 12.8. The van der Waals surface area contributed by atoms with Crippen LogP contribution in [0.15, 0.2) is 18.2 Å². The van der Waals surface area contributed by atoms with Crippen LogP contribution < -0.4 is 0 Å². The van der Waals surface area contributed by atoms with Crippen LogP contribution in [-0.2, 0) is 16.6 Å². The molecule has 17 heavy (non-hydrogen) atoms. The van der Waals surface area contributed by atoms with Crippen molar-refractivity contribution in [1.82, 2.24) is 0 Å². The Morgan fingerprint density at radius 3 is 2.65 bits per heavy atom. The van der Waals surface area contributed by atoms with Crippen molar-refractivity contribution in [3.8, 4) is 0 Å². The minimum atomic E-state index is -0.783. The summed E-state index contributed by atoms with van der Waals surface area (Å²) in [5, 5.41) is 8.83. The summed E-state index contributed by atoms with van der Waals surface area (Å²) in [7, 11) is 2.06. The highest BCUT2D eigenvalue weighted by Gasteiger charge is 2.41. The summed E-state index contributed by atoms with van der Waals surface area (Å²) in [6, 6.07) is 5.94. The third kappa shape index (κ3) is 1.75. The number of benzene rings is 1. The average molecular weight is 232 g/mol. The highest BCUT2D eigenvalue weighted by atomic mass is 16.4. The Balaban J connectivity index is 2.52. The van der Waals surface area contributed by atoms with E-state index in [4.69, 9.17) is 5.11 Å². The zero-order valence-electron chi connectivity index (χ0n) is 10.7. The third-order valence-corrected chi connectivity index (χ3v) is 3.86. The van der Waals surface area contributed by atoms with E-state index < -0.39 is 5.97 Å². The number of carboxylic acid groups (broad SMARTS) is 1. The van der Waals surface area contributed by atoms with Crippen molar-refractivity contribution in [3.05, 3.63) is 29.3 Å². The fraction of sp³-hybridized carbons (Fsp3) is 0.429. The summed E-state index contributed by atoms with van der Waals surface area (Å²) < 4.78 is 2.18. The quantitative estimate of drug-likeness (QED) is 0.795. The number of rotatable bonds is 2. The Hall–Kier alpha value is -1.64. The molecule has 1 N–H and O–H groups in total. The highest BCUT2D eigenvalue weighted by molar-refractivity contribution is 5.93. The summed E-state index contributed by atoms with van der Waals surface area (Å²) in [5.74, 6) is -0.783. The van der Waals surface area contributed by atoms with Gasteiger partial charge in [-0.3, -0.25) is 4.79 Å². The van der Waals surface area contributed by atoms with E-state index in [-0.39, 0.29) is 11.8 Å². The van der Waals surface area contributed by atoms with Gasteiger partial charge in [0, 0.05) is 18.6 Å². The number of nitrogens with zero attached hydrogens (tertiary/aromatic N) is 1. The maximum Gasteiger partial charge on any atom is 0.307 e. The molecule has 2 rings (SSSR count). The van der Waals surface area contributed by atoms with Gasteiger partial charge < -0.3 is 5.11 Å². The number of fused-ring (bicyclic) bond motifs is 1. The van der Waals surface area contributed by atoms with Gasteiger partial charge in [-0.2, -0.15) is 0 Å². The van der Waals surface area contributed by atoms with Crippen LogP contribution >= 0.6 is 0 Å². The molecule has 0 atom stereocenters. The van der Waals surface area contributed by atoms with Gasteiger partial charge in [0.25, 0.3) is 0 Å². The lowest BCUT2D eigenvalue weighted by atomic mass is 9.81. The minimum Gasteiger partial charge on any atom is -0.481 e. The van der Waals surface area contributed by atoms with Crippen molar-refractivity contribution >= 4 is 17.4 Å². The second-order valence-corrected chi connectivity index (χ2v) is 5.19. The SMILES string of the molecule is CC1=[N+](C)c2ccc(CC(=O)O)cc2C1(C)C. The lowest BCUT2D eigenvalue weighted by Crippen LogP contribution is -2.25. The van der Waals surface area contributed by atoms with Crippen LogP contribution in [0.5, 0.6) is 0 Å². The molecular weight excluding hydrogens is 214 g/mol. The molecule has 0 unspecified atom stereocenters. The molecule has 3 heteroatoms. The van der Waals surface area contributed by atoms with Gasteiger partial charge in [0.1, 0.15) is 7.05 Å². The Morgan fingerprint density at radius 1 is 1.41 bits per heavy atom.